The smallest absolute Gasteiger partial charge is 0.222 e. The van der Waals surface area contributed by atoms with Crippen molar-refractivity contribution < 1.29 is 9.21 Å². The molecule has 28 heavy (non-hydrogen) atoms. The Hall–Kier alpha value is -1.55. The Balaban J connectivity index is 0.00000280. The summed E-state index contributed by atoms with van der Waals surface area (Å²) in [6.45, 7) is 3.97. The van der Waals surface area contributed by atoms with Crippen LogP contribution in [0.5, 0.6) is 0 Å². The summed E-state index contributed by atoms with van der Waals surface area (Å²) in [7, 11) is 1.74. The number of nitrogens with zero attached hydrogens (tertiary/aromatic N) is 2. The van der Waals surface area contributed by atoms with Gasteiger partial charge in [0.2, 0.25) is 5.91 Å². The van der Waals surface area contributed by atoms with E-state index < -0.39 is 0 Å². The molecule has 0 spiro atoms. The van der Waals surface area contributed by atoms with E-state index in [0.29, 0.717) is 18.9 Å². The predicted octanol–water partition coefficient (Wildman–Crippen LogP) is 4.00. The van der Waals surface area contributed by atoms with E-state index in [1.807, 2.05) is 48.2 Å². The number of hydrogen-bond donors (Lipinski definition) is 2. The van der Waals surface area contributed by atoms with Gasteiger partial charge in [0.05, 0.1) is 6.54 Å². The summed E-state index contributed by atoms with van der Waals surface area (Å²) in [4.78, 5) is 18.0. The maximum Gasteiger partial charge on any atom is 0.222 e. The summed E-state index contributed by atoms with van der Waals surface area (Å²) in [5, 5.41) is 6.67. The number of benzene rings is 1. The fraction of sp³-hybridized carbons (Fsp3) is 0.400. The predicted molar refractivity (Wildman–Crippen MR) is 126 cm³/mol. The van der Waals surface area contributed by atoms with E-state index in [2.05, 4.69) is 31.6 Å². The fourth-order valence-electron chi connectivity index (χ4n) is 3.13. The molecule has 2 heterocycles. The highest BCUT2D eigenvalue weighted by Crippen LogP contribution is 2.23. The highest BCUT2D eigenvalue weighted by Gasteiger charge is 2.25. The van der Waals surface area contributed by atoms with Crippen molar-refractivity contribution >= 4 is 51.8 Å². The monoisotopic (exact) mass is 560 g/mol. The van der Waals surface area contributed by atoms with E-state index in [9.17, 15) is 4.79 Å². The van der Waals surface area contributed by atoms with Crippen LogP contribution < -0.4 is 10.6 Å². The van der Waals surface area contributed by atoms with Crippen LogP contribution in [0.3, 0.4) is 0 Å². The third kappa shape index (κ3) is 5.97. The summed E-state index contributed by atoms with van der Waals surface area (Å²) in [5.74, 6) is 2.60. The number of likely N-dealkylation sites (tertiary alicyclic amines) is 1. The number of amides is 1. The maximum absolute atomic E-state index is 11.8. The number of aliphatic imine (C=N–C) groups is 1. The zero-order chi connectivity index (χ0) is 19.2. The van der Waals surface area contributed by atoms with Crippen LogP contribution >= 0.6 is 39.9 Å². The van der Waals surface area contributed by atoms with Crippen molar-refractivity contribution in [3.8, 4) is 11.3 Å². The Morgan fingerprint density at radius 2 is 2.04 bits per heavy atom. The van der Waals surface area contributed by atoms with Gasteiger partial charge in [-0.05, 0) is 30.7 Å². The second-order valence-corrected chi connectivity index (χ2v) is 7.44. The Kier molecular flexibility index (Phi) is 8.81. The highest BCUT2D eigenvalue weighted by atomic mass is 127. The molecule has 1 aliphatic heterocycles. The molecule has 1 amide bonds. The van der Waals surface area contributed by atoms with Crippen molar-refractivity contribution in [1.82, 2.24) is 15.5 Å². The van der Waals surface area contributed by atoms with Crippen LogP contribution in [0.4, 0.5) is 0 Å². The first-order chi connectivity index (χ1) is 13.1. The summed E-state index contributed by atoms with van der Waals surface area (Å²) < 4.78 is 6.97. The minimum atomic E-state index is 0. The van der Waals surface area contributed by atoms with Gasteiger partial charge in [-0.2, -0.15) is 0 Å². The van der Waals surface area contributed by atoms with E-state index in [0.717, 1.165) is 41.1 Å². The fourth-order valence-corrected chi connectivity index (χ4v) is 3.39. The van der Waals surface area contributed by atoms with E-state index in [-0.39, 0.29) is 35.9 Å². The number of guanidine groups is 1. The van der Waals surface area contributed by atoms with E-state index in [1.165, 1.54) is 0 Å². The van der Waals surface area contributed by atoms with Gasteiger partial charge < -0.3 is 20.0 Å². The standard InChI is InChI=1S/C20H25BrN4O2.HI/c1-3-19(26)25-11-10-16(13-25)24-20(22-2)23-12-17-8-9-18(27-17)14-4-6-15(21)7-5-14;/h4-9,16H,3,10-13H2,1-2H3,(H2,22,23,24);1H. The Labute approximate surface area is 191 Å². The second kappa shape index (κ2) is 10.8. The molecule has 2 aromatic rings. The maximum atomic E-state index is 11.8. The van der Waals surface area contributed by atoms with Crippen LogP contribution in [0, 0.1) is 0 Å². The first-order valence-electron chi connectivity index (χ1n) is 9.18. The number of hydrogen-bond acceptors (Lipinski definition) is 3. The SMILES string of the molecule is CCC(=O)N1CCC(NC(=NC)NCc2ccc(-c3ccc(Br)cc3)o2)C1.I. The molecule has 6 nitrogen and oxygen atoms in total. The Morgan fingerprint density at radius 3 is 2.71 bits per heavy atom. The number of rotatable bonds is 5. The average Bonchev–Trinajstić information content (AvgIpc) is 3.34. The molecule has 0 radical (unpaired) electrons. The van der Waals surface area contributed by atoms with Gasteiger partial charge in [-0.1, -0.05) is 35.0 Å². The molecular weight excluding hydrogens is 535 g/mol. The average molecular weight is 561 g/mol. The third-order valence-corrected chi connectivity index (χ3v) is 5.16. The molecule has 152 valence electrons. The van der Waals surface area contributed by atoms with Crippen molar-refractivity contribution in [1.29, 1.82) is 0 Å². The van der Waals surface area contributed by atoms with Gasteiger partial charge in [0.15, 0.2) is 5.96 Å². The number of nitrogens with one attached hydrogen (secondary N) is 2. The van der Waals surface area contributed by atoms with Crippen molar-refractivity contribution in [3.63, 3.8) is 0 Å². The van der Waals surface area contributed by atoms with Gasteiger partial charge in [0, 0.05) is 42.6 Å². The molecule has 3 rings (SSSR count). The quantitative estimate of drug-likeness (QED) is 0.329. The summed E-state index contributed by atoms with van der Waals surface area (Å²) in [5.41, 5.74) is 1.04. The van der Waals surface area contributed by atoms with Crippen LogP contribution in [0.2, 0.25) is 0 Å². The largest absolute Gasteiger partial charge is 0.459 e. The van der Waals surface area contributed by atoms with Gasteiger partial charge in [-0.25, -0.2) is 0 Å². The van der Waals surface area contributed by atoms with Gasteiger partial charge in [-0.3, -0.25) is 9.79 Å². The molecule has 0 saturated carbocycles. The Bertz CT molecular complexity index is 807. The molecule has 1 atom stereocenters. The van der Waals surface area contributed by atoms with Crippen LogP contribution in [0.25, 0.3) is 11.3 Å². The lowest BCUT2D eigenvalue weighted by atomic mass is 10.2. The molecule has 1 aliphatic rings. The van der Waals surface area contributed by atoms with Crippen molar-refractivity contribution in [2.75, 3.05) is 20.1 Å². The lowest BCUT2D eigenvalue weighted by molar-refractivity contribution is -0.129. The van der Waals surface area contributed by atoms with Crippen molar-refractivity contribution in [3.05, 3.63) is 46.6 Å². The van der Waals surface area contributed by atoms with E-state index >= 15 is 0 Å². The molecule has 0 bridgehead atoms. The minimum Gasteiger partial charge on any atom is -0.459 e. The van der Waals surface area contributed by atoms with Crippen LogP contribution in [0.15, 0.2) is 50.3 Å². The molecule has 0 aliphatic carbocycles. The number of halogens is 2. The van der Waals surface area contributed by atoms with Crippen molar-refractivity contribution in [2.24, 2.45) is 4.99 Å². The van der Waals surface area contributed by atoms with Gasteiger partial charge in [0.25, 0.3) is 0 Å². The Morgan fingerprint density at radius 1 is 1.29 bits per heavy atom. The number of carbonyl (C=O) groups excluding carboxylic acids is 1. The van der Waals surface area contributed by atoms with Crippen LogP contribution in [-0.2, 0) is 11.3 Å². The van der Waals surface area contributed by atoms with E-state index in [1.54, 1.807) is 7.05 Å². The highest BCUT2D eigenvalue weighted by molar-refractivity contribution is 14.0. The molecule has 1 saturated heterocycles. The van der Waals surface area contributed by atoms with Gasteiger partial charge in [0.1, 0.15) is 11.5 Å². The minimum absolute atomic E-state index is 0. The zero-order valence-corrected chi connectivity index (χ0v) is 20.0. The molecule has 8 heteroatoms. The van der Waals surface area contributed by atoms with Gasteiger partial charge in [-0.15, -0.1) is 24.0 Å². The third-order valence-electron chi connectivity index (χ3n) is 4.63. The first-order valence-corrected chi connectivity index (χ1v) is 9.98. The van der Waals surface area contributed by atoms with Gasteiger partial charge >= 0.3 is 0 Å². The van der Waals surface area contributed by atoms with Crippen molar-refractivity contribution in [2.45, 2.75) is 32.4 Å². The molecule has 2 N–H and O–H groups in total. The second-order valence-electron chi connectivity index (χ2n) is 6.52. The molecular formula is C20H26BrIN4O2. The number of furan rings is 1. The van der Waals surface area contributed by atoms with E-state index in [4.69, 9.17) is 4.42 Å². The lowest BCUT2D eigenvalue weighted by Crippen LogP contribution is -2.44. The molecule has 1 unspecified atom stereocenters. The summed E-state index contributed by atoms with van der Waals surface area (Å²) >= 11 is 3.44. The topological polar surface area (TPSA) is 69.9 Å². The molecule has 1 aromatic heterocycles. The molecule has 1 fully saturated rings. The summed E-state index contributed by atoms with van der Waals surface area (Å²) in [6, 6.07) is 12.2. The normalized spacial score (nSPS) is 16.6. The number of carbonyl (C=O) groups is 1. The summed E-state index contributed by atoms with van der Waals surface area (Å²) in [6.07, 6.45) is 1.49. The molecule has 1 aromatic carbocycles. The van der Waals surface area contributed by atoms with Crippen LogP contribution in [-0.4, -0.2) is 42.9 Å². The first kappa shape index (κ1) is 22.7. The zero-order valence-electron chi connectivity index (χ0n) is 16.1. The van der Waals surface area contributed by atoms with Crippen LogP contribution in [0.1, 0.15) is 25.5 Å². The lowest BCUT2D eigenvalue weighted by Gasteiger charge is -2.18.